The molecule has 0 aromatic heterocycles. The molecule has 2 rings (SSSR count). The fourth-order valence-corrected chi connectivity index (χ4v) is 3.27. The third-order valence-electron chi connectivity index (χ3n) is 4.73. The van der Waals surface area contributed by atoms with Gasteiger partial charge in [0, 0.05) is 11.9 Å². The number of hydrogen-bond acceptors (Lipinski definition) is 5. The third kappa shape index (κ3) is 7.84. The molecule has 0 fully saturated rings. The topological polar surface area (TPSA) is 52.1 Å². The molecule has 0 atom stereocenters. The molecule has 1 aromatic carbocycles. The molecule has 1 aliphatic rings. The predicted molar refractivity (Wildman–Crippen MR) is 120 cm³/mol. The zero-order valence-corrected chi connectivity index (χ0v) is 18.4. The second-order valence-electron chi connectivity index (χ2n) is 7.52. The van der Waals surface area contributed by atoms with E-state index in [1.807, 2.05) is 26.1 Å². The summed E-state index contributed by atoms with van der Waals surface area (Å²) in [6.07, 6.45) is 8.19. The van der Waals surface area contributed by atoms with Crippen LogP contribution in [0.25, 0.3) is 0 Å². The van der Waals surface area contributed by atoms with E-state index in [-0.39, 0.29) is 0 Å². The second-order valence-corrected chi connectivity index (χ2v) is 7.52. The van der Waals surface area contributed by atoms with E-state index in [2.05, 4.69) is 37.9 Å². The fraction of sp³-hybridized carbons (Fsp3) is 0.542. The number of nitrogens with zero attached hydrogens (tertiary/aromatic N) is 1. The van der Waals surface area contributed by atoms with Crippen molar-refractivity contribution in [2.45, 2.75) is 72.3 Å². The maximum Gasteiger partial charge on any atom is 0.231 e. The highest BCUT2D eigenvalue weighted by atomic mass is 16.7. The minimum atomic E-state index is 0.307. The highest BCUT2D eigenvalue weighted by Gasteiger charge is 2.13. The van der Waals surface area contributed by atoms with E-state index in [4.69, 9.17) is 19.2 Å². The van der Waals surface area contributed by atoms with Crippen LogP contribution in [0.15, 0.2) is 47.4 Å². The van der Waals surface area contributed by atoms with Gasteiger partial charge in [-0.1, -0.05) is 39.3 Å². The zero-order chi connectivity index (χ0) is 21.1. The Hall–Kier alpha value is -2.43. The van der Waals surface area contributed by atoms with Gasteiger partial charge in [0.1, 0.15) is 0 Å². The van der Waals surface area contributed by atoms with Crippen LogP contribution in [0.4, 0.5) is 0 Å². The maximum atomic E-state index is 6.10. The molecule has 0 spiro atoms. The molecule has 0 saturated carbocycles. The highest BCUT2D eigenvalue weighted by Crippen LogP contribution is 2.32. The van der Waals surface area contributed by atoms with Crippen molar-refractivity contribution in [3.63, 3.8) is 0 Å². The number of rotatable bonds is 13. The van der Waals surface area contributed by atoms with Crippen LogP contribution in [0.1, 0.15) is 65.4 Å². The summed E-state index contributed by atoms with van der Waals surface area (Å²) < 4.78 is 16.9. The van der Waals surface area contributed by atoms with Crippen LogP contribution in [-0.2, 0) is 11.2 Å². The summed E-state index contributed by atoms with van der Waals surface area (Å²) in [7, 11) is 0. The summed E-state index contributed by atoms with van der Waals surface area (Å²) in [6, 6.07) is 6.46. The van der Waals surface area contributed by atoms with Crippen LogP contribution in [0.5, 0.6) is 11.5 Å². The van der Waals surface area contributed by atoms with Gasteiger partial charge in [0.25, 0.3) is 0 Å². The average Bonchev–Trinajstić information content (AvgIpc) is 3.15. The summed E-state index contributed by atoms with van der Waals surface area (Å²) >= 11 is 0. The van der Waals surface area contributed by atoms with Crippen LogP contribution >= 0.6 is 0 Å². The van der Waals surface area contributed by atoms with Crippen molar-refractivity contribution < 1.29 is 14.2 Å². The van der Waals surface area contributed by atoms with E-state index in [1.165, 1.54) is 5.56 Å². The Morgan fingerprint density at radius 1 is 1.21 bits per heavy atom. The van der Waals surface area contributed by atoms with Crippen molar-refractivity contribution in [2.75, 3.05) is 13.4 Å². The quantitative estimate of drug-likeness (QED) is 0.260. The first-order valence-corrected chi connectivity index (χ1v) is 10.7. The molecule has 1 aromatic rings. The van der Waals surface area contributed by atoms with Crippen LogP contribution in [0.3, 0.4) is 0 Å². The number of allylic oxidation sites excluding steroid dienone is 2. The van der Waals surface area contributed by atoms with Gasteiger partial charge in [0.15, 0.2) is 17.3 Å². The van der Waals surface area contributed by atoms with Crippen molar-refractivity contribution >= 4 is 5.71 Å². The van der Waals surface area contributed by atoms with Gasteiger partial charge in [-0.2, -0.15) is 0 Å². The Morgan fingerprint density at radius 3 is 2.62 bits per heavy atom. The minimum absolute atomic E-state index is 0.307. The van der Waals surface area contributed by atoms with Crippen molar-refractivity contribution in [2.24, 2.45) is 4.99 Å². The lowest BCUT2D eigenvalue weighted by Crippen LogP contribution is -2.14. The summed E-state index contributed by atoms with van der Waals surface area (Å²) in [4.78, 5) is 4.93. The normalized spacial score (nSPS) is 13.7. The minimum Gasteiger partial charge on any atom is -0.490 e. The van der Waals surface area contributed by atoms with Gasteiger partial charge in [-0.15, -0.1) is 0 Å². The summed E-state index contributed by atoms with van der Waals surface area (Å²) in [5.74, 6) is 2.44. The number of nitrogens with one attached hydrogen (secondary N) is 1. The smallest absolute Gasteiger partial charge is 0.231 e. The van der Waals surface area contributed by atoms with Gasteiger partial charge in [-0.25, -0.2) is 0 Å². The Morgan fingerprint density at radius 2 is 1.93 bits per heavy atom. The van der Waals surface area contributed by atoms with Gasteiger partial charge >= 0.3 is 0 Å². The lowest BCUT2D eigenvalue weighted by atomic mass is 10.1. The molecule has 1 heterocycles. The van der Waals surface area contributed by atoms with Gasteiger partial charge in [-0.3, -0.25) is 4.99 Å². The van der Waals surface area contributed by atoms with Crippen molar-refractivity contribution in [3.8, 4) is 11.5 Å². The number of fused-ring (bicyclic) bond motifs is 1. The predicted octanol–water partition coefficient (Wildman–Crippen LogP) is 5.76. The Balaban J connectivity index is 1.93. The molecule has 5 heteroatoms. The van der Waals surface area contributed by atoms with Gasteiger partial charge in [0.2, 0.25) is 6.79 Å². The first-order valence-electron chi connectivity index (χ1n) is 10.7. The second kappa shape index (κ2) is 12.2. The largest absolute Gasteiger partial charge is 0.490 e. The van der Waals surface area contributed by atoms with E-state index in [0.717, 1.165) is 67.2 Å². The monoisotopic (exact) mass is 400 g/mol. The van der Waals surface area contributed by atoms with Gasteiger partial charge < -0.3 is 19.5 Å². The molecule has 0 unspecified atom stereocenters. The Labute approximate surface area is 175 Å². The van der Waals surface area contributed by atoms with Crippen molar-refractivity contribution in [3.05, 3.63) is 48.0 Å². The molecule has 0 radical (unpaired) electrons. The Kier molecular flexibility index (Phi) is 9.62. The number of aliphatic imine (C=N–C) groups is 1. The molecule has 1 N–H and O–H groups in total. The molecule has 0 aliphatic carbocycles. The Bertz CT molecular complexity index is 719. The first-order chi connectivity index (χ1) is 14.0. The third-order valence-corrected chi connectivity index (χ3v) is 4.73. The summed E-state index contributed by atoms with van der Waals surface area (Å²) in [5, 5.41) is 3.16. The number of hydrogen-bond donors (Lipinski definition) is 1. The average molecular weight is 401 g/mol. The highest BCUT2D eigenvalue weighted by molar-refractivity contribution is 5.96. The maximum absolute atomic E-state index is 6.10. The zero-order valence-electron chi connectivity index (χ0n) is 18.4. The molecule has 1 aliphatic heterocycles. The van der Waals surface area contributed by atoms with E-state index in [9.17, 15) is 0 Å². The standard InChI is InChI=1S/C24H36N2O3/c1-6-9-21(10-7-2)26-19(5)24(16-25-18(3)4)27-14-8-11-20-12-13-22-23(15-20)29-17-28-22/h12-13,15-16,21,25H,3,6-11,14,17H2,1-2,4-5H3. The summed E-state index contributed by atoms with van der Waals surface area (Å²) in [5.41, 5.74) is 3.03. The SMILES string of the molecule is C=C(C)NC=C(OCCCc1ccc2c(c1)OCO2)C(C)=NC(CCC)CCC. The van der Waals surface area contributed by atoms with Gasteiger partial charge in [-0.05, 0) is 57.2 Å². The molecular weight excluding hydrogens is 364 g/mol. The molecular formula is C24H36N2O3. The molecule has 0 bridgehead atoms. The molecule has 29 heavy (non-hydrogen) atoms. The number of aryl methyl sites for hydroxylation is 1. The molecule has 160 valence electrons. The molecule has 0 amide bonds. The molecule has 5 nitrogen and oxygen atoms in total. The lowest BCUT2D eigenvalue weighted by Gasteiger charge is -2.15. The number of ether oxygens (including phenoxy) is 3. The first kappa shape index (κ1) is 22.9. The van der Waals surface area contributed by atoms with E-state index in [1.54, 1.807) is 0 Å². The van der Waals surface area contributed by atoms with E-state index < -0.39 is 0 Å². The summed E-state index contributed by atoms with van der Waals surface area (Å²) in [6.45, 7) is 13.2. The van der Waals surface area contributed by atoms with Crippen molar-refractivity contribution in [1.82, 2.24) is 5.32 Å². The van der Waals surface area contributed by atoms with E-state index >= 15 is 0 Å². The number of benzene rings is 1. The van der Waals surface area contributed by atoms with Crippen molar-refractivity contribution in [1.29, 1.82) is 0 Å². The van der Waals surface area contributed by atoms with Crippen LogP contribution in [-0.4, -0.2) is 25.2 Å². The lowest BCUT2D eigenvalue weighted by molar-refractivity contribution is 0.174. The van der Waals surface area contributed by atoms with Crippen LogP contribution in [0.2, 0.25) is 0 Å². The van der Waals surface area contributed by atoms with E-state index in [0.29, 0.717) is 19.4 Å². The fourth-order valence-electron chi connectivity index (χ4n) is 3.27. The van der Waals surface area contributed by atoms with Crippen LogP contribution < -0.4 is 14.8 Å². The van der Waals surface area contributed by atoms with Crippen LogP contribution in [0, 0.1) is 0 Å². The molecule has 0 saturated heterocycles. The van der Waals surface area contributed by atoms with Gasteiger partial charge in [0.05, 0.1) is 18.4 Å².